The van der Waals surface area contributed by atoms with Crippen molar-refractivity contribution in [2.45, 2.75) is 21.2 Å². The molecule has 0 bridgehead atoms. The predicted molar refractivity (Wildman–Crippen MR) is 155 cm³/mol. The van der Waals surface area contributed by atoms with Crippen LogP contribution in [-0.2, 0) is 26.4 Å². The third kappa shape index (κ3) is 4.70. The van der Waals surface area contributed by atoms with Crippen LogP contribution in [0.1, 0.15) is 5.56 Å². The van der Waals surface area contributed by atoms with Gasteiger partial charge in [0.2, 0.25) is 9.84 Å². The molecule has 0 saturated carbocycles. The van der Waals surface area contributed by atoms with Crippen molar-refractivity contribution in [3.05, 3.63) is 120 Å². The first-order valence-corrected chi connectivity index (χ1v) is 15.5. The van der Waals surface area contributed by atoms with Crippen molar-refractivity contribution in [1.82, 2.24) is 14.5 Å². The maximum Gasteiger partial charge on any atom is 0.263 e. The quantitative estimate of drug-likeness (QED) is 0.248. The third-order valence-electron chi connectivity index (χ3n) is 6.37. The molecule has 40 heavy (non-hydrogen) atoms. The number of rotatable bonds is 7. The molecule has 6 aromatic rings. The Morgan fingerprint density at radius 3 is 1.90 bits per heavy atom. The van der Waals surface area contributed by atoms with Gasteiger partial charge in [0.15, 0.2) is 5.65 Å². The van der Waals surface area contributed by atoms with Crippen LogP contribution in [0, 0.1) is 0 Å². The fraction of sp³-hybridized carbons (Fsp3) is 0.0345. The molecule has 0 saturated heterocycles. The molecule has 0 amide bonds. The summed E-state index contributed by atoms with van der Waals surface area (Å²) >= 11 is 5.98. The lowest BCUT2D eigenvalue weighted by molar-refractivity contribution is 0.596. The Hall–Kier alpha value is -4.25. The number of aromatic nitrogens is 3. The Balaban J connectivity index is 1.70. The summed E-state index contributed by atoms with van der Waals surface area (Å²) in [7, 11) is -8.52. The normalized spacial score (nSPS) is 12.1. The van der Waals surface area contributed by atoms with Gasteiger partial charge in [0.1, 0.15) is 16.2 Å². The highest BCUT2D eigenvalue weighted by Crippen LogP contribution is 2.38. The topological polar surface area (TPSA) is 111 Å². The zero-order valence-electron chi connectivity index (χ0n) is 20.8. The van der Waals surface area contributed by atoms with Crippen LogP contribution in [0.2, 0.25) is 5.02 Å². The molecule has 0 unspecified atom stereocenters. The van der Waals surface area contributed by atoms with E-state index in [-0.39, 0.29) is 38.2 Å². The summed E-state index contributed by atoms with van der Waals surface area (Å²) < 4.78 is 59.8. The molecule has 0 aliphatic carbocycles. The van der Waals surface area contributed by atoms with Crippen molar-refractivity contribution >= 4 is 59.5 Å². The summed E-state index contributed by atoms with van der Waals surface area (Å²) in [6.07, 6.45) is 0. The standard InChI is InChI=1S/C29H21ClN4O4S2/c30-21-15-17-23(18-16-21)40(37,38)33-29-27(39(35,36)22-11-5-2-6-12-22)26-28(32-25-14-8-7-13-24(25)31-26)34(29)19-20-9-3-1-4-10-20/h1-18,33H,19H2. The second-order valence-electron chi connectivity index (χ2n) is 9.01. The Morgan fingerprint density at radius 1 is 0.675 bits per heavy atom. The van der Waals surface area contributed by atoms with Crippen molar-refractivity contribution < 1.29 is 16.8 Å². The van der Waals surface area contributed by atoms with Crippen molar-refractivity contribution in [2.75, 3.05) is 4.72 Å². The van der Waals surface area contributed by atoms with Gasteiger partial charge in [-0.2, -0.15) is 0 Å². The van der Waals surface area contributed by atoms with E-state index in [1.54, 1.807) is 47.0 Å². The highest BCUT2D eigenvalue weighted by atomic mass is 35.5. The van der Waals surface area contributed by atoms with Crippen LogP contribution < -0.4 is 4.72 Å². The molecule has 6 rings (SSSR count). The Morgan fingerprint density at radius 2 is 1.25 bits per heavy atom. The van der Waals surface area contributed by atoms with Crippen LogP contribution in [0.3, 0.4) is 0 Å². The van der Waals surface area contributed by atoms with E-state index < -0.39 is 19.9 Å². The molecule has 200 valence electrons. The molecule has 0 aliphatic rings. The highest BCUT2D eigenvalue weighted by molar-refractivity contribution is 7.93. The molecule has 0 spiro atoms. The van der Waals surface area contributed by atoms with Crippen LogP contribution >= 0.6 is 11.6 Å². The van der Waals surface area contributed by atoms with E-state index >= 15 is 0 Å². The SMILES string of the molecule is O=S(=O)(Nc1c(S(=O)(=O)c2ccccc2)c2nc3ccccc3nc2n1Cc1ccccc1)c1ccc(Cl)cc1. The van der Waals surface area contributed by atoms with E-state index in [1.807, 2.05) is 30.3 Å². The number of sulfone groups is 1. The summed E-state index contributed by atoms with van der Waals surface area (Å²) in [5.74, 6) is -0.159. The van der Waals surface area contributed by atoms with Crippen molar-refractivity contribution in [2.24, 2.45) is 0 Å². The van der Waals surface area contributed by atoms with Crippen LogP contribution in [0.15, 0.2) is 124 Å². The van der Waals surface area contributed by atoms with Gasteiger partial charge in [-0.05, 0) is 54.1 Å². The molecule has 0 radical (unpaired) electrons. The lowest BCUT2D eigenvalue weighted by atomic mass is 10.2. The number of nitrogens with zero attached hydrogens (tertiary/aromatic N) is 3. The maximum atomic E-state index is 14.2. The molecule has 0 aliphatic heterocycles. The van der Waals surface area contributed by atoms with Gasteiger partial charge in [-0.15, -0.1) is 0 Å². The van der Waals surface area contributed by atoms with Gasteiger partial charge in [-0.1, -0.05) is 72.3 Å². The van der Waals surface area contributed by atoms with Crippen LogP contribution in [0.5, 0.6) is 0 Å². The summed E-state index contributed by atoms with van der Waals surface area (Å²) in [6, 6.07) is 29.8. The summed E-state index contributed by atoms with van der Waals surface area (Å²) in [6.45, 7) is 0.132. The van der Waals surface area contributed by atoms with Gasteiger partial charge in [0, 0.05) is 5.02 Å². The molecule has 1 N–H and O–H groups in total. The number of para-hydroxylation sites is 2. The third-order valence-corrected chi connectivity index (χ3v) is 9.79. The van der Waals surface area contributed by atoms with Crippen molar-refractivity contribution in [3.63, 3.8) is 0 Å². The predicted octanol–water partition coefficient (Wildman–Crippen LogP) is 5.92. The molecule has 0 fully saturated rings. The zero-order valence-corrected chi connectivity index (χ0v) is 23.2. The molecule has 8 nitrogen and oxygen atoms in total. The molecule has 4 aromatic carbocycles. The van der Waals surface area contributed by atoms with Gasteiger partial charge >= 0.3 is 0 Å². The van der Waals surface area contributed by atoms with Crippen molar-refractivity contribution in [1.29, 1.82) is 0 Å². The monoisotopic (exact) mass is 588 g/mol. The van der Waals surface area contributed by atoms with Crippen molar-refractivity contribution in [3.8, 4) is 0 Å². The van der Waals surface area contributed by atoms with Gasteiger partial charge in [-0.3, -0.25) is 4.72 Å². The van der Waals surface area contributed by atoms with E-state index in [1.165, 1.54) is 36.4 Å². The van der Waals surface area contributed by atoms with Gasteiger partial charge in [-0.25, -0.2) is 26.8 Å². The summed E-state index contributed by atoms with van der Waals surface area (Å²) in [4.78, 5) is 9.09. The first-order chi connectivity index (χ1) is 19.2. The van der Waals surface area contributed by atoms with Gasteiger partial charge in [0.25, 0.3) is 10.0 Å². The Labute approximate surface area is 235 Å². The Bertz CT molecular complexity index is 2080. The molecule has 2 aromatic heterocycles. The molecule has 11 heteroatoms. The molecular weight excluding hydrogens is 568 g/mol. The number of benzene rings is 4. The van der Waals surface area contributed by atoms with Gasteiger partial charge in [0.05, 0.1) is 27.4 Å². The first-order valence-electron chi connectivity index (χ1n) is 12.2. The summed E-state index contributed by atoms with van der Waals surface area (Å²) in [5.41, 5.74) is 2.11. The summed E-state index contributed by atoms with van der Waals surface area (Å²) in [5, 5.41) is 0.365. The molecule has 0 atom stereocenters. The van der Waals surface area contributed by atoms with Crippen LogP contribution in [0.25, 0.3) is 22.2 Å². The number of hydrogen-bond acceptors (Lipinski definition) is 6. The number of fused-ring (bicyclic) bond motifs is 2. The minimum absolute atomic E-state index is 0.00402. The fourth-order valence-corrected chi connectivity index (χ4v) is 7.29. The number of halogens is 1. The maximum absolute atomic E-state index is 14.2. The van der Waals surface area contributed by atoms with Crippen LogP contribution in [-0.4, -0.2) is 31.4 Å². The number of nitrogens with one attached hydrogen (secondary N) is 1. The number of hydrogen-bond donors (Lipinski definition) is 1. The number of sulfonamides is 1. The molecular formula is C29H21ClN4O4S2. The Kier molecular flexibility index (Phi) is 6.53. The largest absolute Gasteiger partial charge is 0.305 e. The van der Waals surface area contributed by atoms with Crippen LogP contribution in [0.4, 0.5) is 5.82 Å². The van der Waals surface area contributed by atoms with E-state index in [4.69, 9.17) is 21.6 Å². The fourth-order valence-electron chi connectivity index (χ4n) is 4.47. The second-order valence-corrected chi connectivity index (χ2v) is 13.0. The number of anilines is 1. The van der Waals surface area contributed by atoms with E-state index in [0.717, 1.165) is 5.56 Å². The first kappa shape index (κ1) is 26.0. The average molecular weight is 589 g/mol. The second kappa shape index (κ2) is 10.1. The van der Waals surface area contributed by atoms with E-state index in [9.17, 15) is 16.8 Å². The minimum atomic E-state index is -4.27. The van der Waals surface area contributed by atoms with E-state index in [0.29, 0.717) is 16.1 Å². The minimum Gasteiger partial charge on any atom is -0.305 e. The van der Waals surface area contributed by atoms with Gasteiger partial charge < -0.3 is 4.57 Å². The lowest BCUT2D eigenvalue weighted by Gasteiger charge is -2.15. The highest BCUT2D eigenvalue weighted by Gasteiger charge is 2.33. The zero-order chi connectivity index (χ0) is 27.9. The molecule has 2 heterocycles. The smallest absolute Gasteiger partial charge is 0.263 e. The average Bonchev–Trinajstić information content (AvgIpc) is 3.24. The van der Waals surface area contributed by atoms with E-state index in [2.05, 4.69) is 4.72 Å². The lowest BCUT2D eigenvalue weighted by Crippen LogP contribution is -2.18.